The number of benzene rings is 1. The Hall–Kier alpha value is -1.82. The normalized spacial score (nSPS) is 11.6. The summed E-state index contributed by atoms with van der Waals surface area (Å²) in [7, 11) is -3.68. The Bertz CT molecular complexity index is 733. The topological polar surface area (TPSA) is 61.2 Å². The lowest BCUT2D eigenvalue weighted by Gasteiger charge is -2.13. The molecule has 1 aromatic carbocycles. The Morgan fingerprint density at radius 2 is 1.90 bits per heavy atom. The fraction of sp³-hybridized carbons (Fsp3) is 0.357. The number of hydrogen-bond donors (Lipinski definition) is 0. The lowest BCUT2D eigenvalue weighted by molar-refractivity contribution is 0.336. The molecule has 1 heterocycles. The summed E-state index contributed by atoms with van der Waals surface area (Å²) >= 11 is 0. The Morgan fingerprint density at radius 1 is 1.20 bits per heavy atom. The van der Waals surface area contributed by atoms with Crippen LogP contribution in [0.25, 0.3) is 0 Å². The molecule has 2 aromatic rings. The van der Waals surface area contributed by atoms with Crippen molar-refractivity contribution in [2.45, 2.75) is 32.6 Å². The SMILES string of the molecule is CCOc1cc(S(=O)(=O)n2ccc(C)n2)c(C)cc1C. The molecular weight excluding hydrogens is 276 g/mol. The van der Waals surface area contributed by atoms with E-state index in [-0.39, 0.29) is 4.90 Å². The van der Waals surface area contributed by atoms with Crippen molar-refractivity contribution < 1.29 is 13.2 Å². The highest BCUT2D eigenvalue weighted by Crippen LogP contribution is 2.27. The highest BCUT2D eigenvalue weighted by Gasteiger charge is 2.22. The Morgan fingerprint density at radius 3 is 2.45 bits per heavy atom. The van der Waals surface area contributed by atoms with E-state index in [0.717, 1.165) is 9.65 Å². The van der Waals surface area contributed by atoms with E-state index < -0.39 is 10.0 Å². The maximum atomic E-state index is 12.6. The first-order valence-corrected chi connectivity index (χ1v) is 7.82. The van der Waals surface area contributed by atoms with Crippen molar-refractivity contribution in [2.24, 2.45) is 0 Å². The first kappa shape index (κ1) is 14.6. The number of aromatic nitrogens is 2. The largest absolute Gasteiger partial charge is 0.494 e. The average Bonchev–Trinajstić information content (AvgIpc) is 2.80. The number of nitrogens with zero attached hydrogens (tertiary/aromatic N) is 2. The van der Waals surface area contributed by atoms with Crippen molar-refractivity contribution in [3.05, 3.63) is 41.2 Å². The molecule has 0 saturated heterocycles. The maximum absolute atomic E-state index is 12.6. The van der Waals surface area contributed by atoms with Gasteiger partial charge in [0, 0.05) is 12.3 Å². The first-order chi connectivity index (χ1) is 9.36. The Labute approximate surface area is 119 Å². The van der Waals surface area contributed by atoms with Gasteiger partial charge < -0.3 is 4.74 Å². The lowest BCUT2D eigenvalue weighted by Crippen LogP contribution is -2.15. The quantitative estimate of drug-likeness (QED) is 0.869. The van der Waals surface area contributed by atoms with E-state index in [1.807, 2.05) is 19.9 Å². The van der Waals surface area contributed by atoms with E-state index in [2.05, 4.69) is 5.10 Å². The van der Waals surface area contributed by atoms with Crippen molar-refractivity contribution in [3.8, 4) is 5.75 Å². The van der Waals surface area contributed by atoms with Gasteiger partial charge in [-0.3, -0.25) is 0 Å². The second-order valence-corrected chi connectivity index (χ2v) is 6.42. The number of aryl methyl sites for hydroxylation is 3. The van der Waals surface area contributed by atoms with E-state index in [4.69, 9.17) is 4.74 Å². The van der Waals surface area contributed by atoms with Gasteiger partial charge in [0.25, 0.3) is 10.0 Å². The molecule has 0 radical (unpaired) electrons. The molecule has 0 fully saturated rings. The molecule has 0 bridgehead atoms. The maximum Gasteiger partial charge on any atom is 0.283 e. The predicted octanol–water partition coefficient (Wildman–Crippen LogP) is 2.44. The van der Waals surface area contributed by atoms with Crippen LogP contribution in [-0.2, 0) is 10.0 Å². The van der Waals surface area contributed by atoms with Crippen LogP contribution in [0.3, 0.4) is 0 Å². The monoisotopic (exact) mass is 294 g/mol. The first-order valence-electron chi connectivity index (χ1n) is 6.38. The summed E-state index contributed by atoms with van der Waals surface area (Å²) in [6.07, 6.45) is 1.45. The zero-order chi connectivity index (χ0) is 14.9. The van der Waals surface area contributed by atoms with Crippen LogP contribution in [-0.4, -0.2) is 24.2 Å². The van der Waals surface area contributed by atoms with Gasteiger partial charge in [0.15, 0.2) is 0 Å². The minimum Gasteiger partial charge on any atom is -0.494 e. The van der Waals surface area contributed by atoms with Crippen LogP contribution in [0.1, 0.15) is 23.7 Å². The van der Waals surface area contributed by atoms with Gasteiger partial charge in [-0.05, 0) is 44.9 Å². The van der Waals surface area contributed by atoms with Crippen LogP contribution in [0.4, 0.5) is 0 Å². The molecule has 2 rings (SSSR count). The number of ether oxygens (including phenoxy) is 1. The Kier molecular flexibility index (Phi) is 3.85. The van der Waals surface area contributed by atoms with Gasteiger partial charge in [0.1, 0.15) is 5.75 Å². The molecule has 0 atom stereocenters. The zero-order valence-electron chi connectivity index (χ0n) is 12.0. The molecule has 5 nitrogen and oxygen atoms in total. The van der Waals surface area contributed by atoms with Crippen molar-refractivity contribution in [1.29, 1.82) is 0 Å². The van der Waals surface area contributed by atoms with Crippen molar-refractivity contribution in [1.82, 2.24) is 9.19 Å². The second-order valence-electron chi connectivity index (χ2n) is 4.65. The second kappa shape index (κ2) is 5.28. The fourth-order valence-electron chi connectivity index (χ4n) is 2.03. The van der Waals surface area contributed by atoms with Crippen molar-refractivity contribution in [2.75, 3.05) is 6.61 Å². The third kappa shape index (κ3) is 2.56. The molecule has 0 saturated carbocycles. The molecule has 0 amide bonds. The summed E-state index contributed by atoms with van der Waals surface area (Å²) in [6.45, 7) is 7.77. The van der Waals surface area contributed by atoms with Gasteiger partial charge in [-0.1, -0.05) is 6.07 Å². The van der Waals surface area contributed by atoms with Gasteiger partial charge in [0.2, 0.25) is 0 Å². The molecule has 0 N–H and O–H groups in total. The van der Waals surface area contributed by atoms with Gasteiger partial charge in [-0.15, -0.1) is 0 Å². The standard InChI is InChI=1S/C14H18N2O3S/c1-5-19-13-9-14(11(3)8-10(13)2)20(17,18)16-7-6-12(4)15-16/h6-9H,5H2,1-4H3. The van der Waals surface area contributed by atoms with Crippen LogP contribution >= 0.6 is 0 Å². The van der Waals surface area contributed by atoms with Gasteiger partial charge in [0.05, 0.1) is 17.2 Å². The van der Waals surface area contributed by atoms with E-state index in [9.17, 15) is 8.42 Å². The summed E-state index contributed by atoms with van der Waals surface area (Å²) in [6, 6.07) is 5.04. The summed E-state index contributed by atoms with van der Waals surface area (Å²) < 4.78 is 31.6. The van der Waals surface area contributed by atoms with Crippen LogP contribution in [0, 0.1) is 20.8 Å². The lowest BCUT2D eigenvalue weighted by atomic mass is 10.1. The summed E-state index contributed by atoms with van der Waals surface area (Å²) in [4.78, 5) is 0.217. The zero-order valence-corrected chi connectivity index (χ0v) is 12.9. The molecule has 0 aliphatic carbocycles. The number of hydrogen-bond acceptors (Lipinski definition) is 4. The van der Waals surface area contributed by atoms with E-state index in [1.165, 1.54) is 6.20 Å². The highest BCUT2D eigenvalue weighted by atomic mass is 32.2. The fourth-order valence-corrected chi connectivity index (χ4v) is 3.41. The summed E-state index contributed by atoms with van der Waals surface area (Å²) in [5.74, 6) is 0.584. The predicted molar refractivity (Wildman–Crippen MR) is 76.6 cm³/mol. The summed E-state index contributed by atoms with van der Waals surface area (Å²) in [5.41, 5.74) is 2.25. The molecule has 0 spiro atoms. The molecule has 20 heavy (non-hydrogen) atoms. The van der Waals surface area contributed by atoms with E-state index >= 15 is 0 Å². The van der Waals surface area contributed by atoms with Crippen LogP contribution in [0.2, 0.25) is 0 Å². The minimum absolute atomic E-state index is 0.217. The van der Waals surface area contributed by atoms with E-state index in [0.29, 0.717) is 23.6 Å². The highest BCUT2D eigenvalue weighted by molar-refractivity contribution is 7.89. The number of rotatable bonds is 4. The molecular formula is C14H18N2O3S. The van der Waals surface area contributed by atoms with Crippen molar-refractivity contribution in [3.63, 3.8) is 0 Å². The van der Waals surface area contributed by atoms with Gasteiger partial charge in [-0.25, -0.2) is 0 Å². The third-order valence-corrected chi connectivity index (χ3v) is 4.69. The van der Waals surface area contributed by atoms with Crippen LogP contribution in [0.5, 0.6) is 5.75 Å². The van der Waals surface area contributed by atoms with Crippen LogP contribution in [0.15, 0.2) is 29.3 Å². The molecule has 0 aliphatic rings. The minimum atomic E-state index is -3.68. The van der Waals surface area contributed by atoms with Crippen LogP contribution < -0.4 is 4.74 Å². The Balaban J connectivity index is 2.59. The molecule has 0 aliphatic heterocycles. The van der Waals surface area contributed by atoms with Gasteiger partial charge in [-0.2, -0.15) is 17.6 Å². The molecule has 108 valence electrons. The molecule has 1 aromatic heterocycles. The molecule has 6 heteroatoms. The average molecular weight is 294 g/mol. The third-order valence-electron chi connectivity index (χ3n) is 3.00. The van der Waals surface area contributed by atoms with Crippen molar-refractivity contribution >= 4 is 10.0 Å². The molecule has 0 unspecified atom stereocenters. The van der Waals surface area contributed by atoms with E-state index in [1.54, 1.807) is 26.0 Å². The van der Waals surface area contributed by atoms with Gasteiger partial charge >= 0.3 is 0 Å². The smallest absolute Gasteiger partial charge is 0.283 e. The summed E-state index contributed by atoms with van der Waals surface area (Å²) in [5, 5.41) is 3.99.